The van der Waals surface area contributed by atoms with Crippen LogP contribution in [-0.4, -0.2) is 9.13 Å². The molecule has 0 spiro atoms. The molecular formula is C54H31N5S. The van der Waals surface area contributed by atoms with Crippen molar-refractivity contribution in [3.8, 4) is 23.5 Å². The molecule has 3 heterocycles. The lowest BCUT2D eigenvalue weighted by Crippen LogP contribution is -2.09. The van der Waals surface area contributed by atoms with Crippen LogP contribution in [0.3, 0.4) is 0 Å². The molecule has 0 aliphatic rings. The van der Waals surface area contributed by atoms with Gasteiger partial charge in [-0.05, 0) is 83.6 Å². The molecule has 0 aliphatic heterocycles. The van der Waals surface area contributed by atoms with E-state index in [0.29, 0.717) is 22.5 Å². The second-order valence-corrected chi connectivity index (χ2v) is 16.2. The third-order valence-electron chi connectivity index (χ3n) is 11.9. The maximum absolute atomic E-state index is 11.2. The van der Waals surface area contributed by atoms with E-state index >= 15 is 0 Å². The van der Waals surface area contributed by atoms with E-state index in [0.717, 1.165) is 81.5 Å². The Morgan fingerprint density at radius 1 is 0.417 bits per heavy atom. The van der Waals surface area contributed by atoms with Crippen LogP contribution >= 0.6 is 11.3 Å². The number of hydrogen-bond acceptors (Lipinski definition) is 4. The number of rotatable bonds is 5. The Morgan fingerprint density at radius 3 is 1.73 bits per heavy atom. The lowest BCUT2D eigenvalue weighted by Gasteiger charge is -2.25. The summed E-state index contributed by atoms with van der Waals surface area (Å²) in [5.74, 6) is 0. The molecule has 0 N–H and O–H groups in total. The van der Waals surface area contributed by atoms with Gasteiger partial charge in [0, 0.05) is 54.1 Å². The van der Waals surface area contributed by atoms with E-state index in [9.17, 15) is 10.5 Å². The van der Waals surface area contributed by atoms with Crippen LogP contribution in [0.5, 0.6) is 0 Å². The summed E-state index contributed by atoms with van der Waals surface area (Å²) < 4.78 is 6.72. The molecule has 0 saturated carbocycles. The van der Waals surface area contributed by atoms with E-state index in [4.69, 9.17) is 0 Å². The van der Waals surface area contributed by atoms with Gasteiger partial charge < -0.3 is 14.0 Å². The summed E-state index contributed by atoms with van der Waals surface area (Å²) in [5.41, 5.74) is 9.37. The quantitative estimate of drug-likeness (QED) is 0.175. The molecule has 0 saturated heterocycles. The van der Waals surface area contributed by atoms with Crippen LogP contribution in [-0.2, 0) is 0 Å². The summed E-state index contributed by atoms with van der Waals surface area (Å²) in [7, 11) is 0. The Hall–Kier alpha value is -8.16. The number of fused-ring (bicyclic) bond motifs is 12. The number of nitrogens with zero attached hydrogens (tertiary/aromatic N) is 5. The zero-order valence-electron chi connectivity index (χ0n) is 32.0. The predicted molar refractivity (Wildman–Crippen MR) is 250 cm³/mol. The number of nitriles is 2. The molecule has 278 valence electrons. The van der Waals surface area contributed by atoms with Gasteiger partial charge in [-0.1, -0.05) is 115 Å². The molecule has 0 radical (unpaired) electrons. The Bertz CT molecular complexity index is 3760. The fraction of sp³-hybridized carbons (Fsp3) is 0. The minimum absolute atomic E-state index is 0.479. The highest BCUT2D eigenvalue weighted by Gasteiger charge is 2.24. The van der Waals surface area contributed by atoms with E-state index < -0.39 is 0 Å². The van der Waals surface area contributed by atoms with Crippen molar-refractivity contribution in [3.05, 3.63) is 199 Å². The van der Waals surface area contributed by atoms with E-state index in [1.165, 1.54) is 10.1 Å². The van der Waals surface area contributed by atoms with E-state index in [2.05, 4.69) is 184 Å². The second-order valence-electron chi connectivity index (χ2n) is 15.1. The van der Waals surface area contributed by atoms with Gasteiger partial charge in [0.25, 0.3) is 0 Å². The molecule has 60 heavy (non-hydrogen) atoms. The first-order valence-electron chi connectivity index (χ1n) is 19.9. The first-order valence-corrected chi connectivity index (χ1v) is 20.7. The molecule has 6 heteroatoms. The van der Waals surface area contributed by atoms with Crippen molar-refractivity contribution in [2.24, 2.45) is 0 Å². The van der Waals surface area contributed by atoms with Gasteiger partial charge >= 0.3 is 0 Å². The molecule has 9 aromatic carbocycles. The van der Waals surface area contributed by atoms with E-state index in [-0.39, 0.29) is 0 Å². The number of anilines is 3. The molecule has 0 unspecified atom stereocenters. The summed E-state index contributed by atoms with van der Waals surface area (Å²) >= 11 is 1.76. The lowest BCUT2D eigenvalue weighted by atomic mass is 10.0. The first-order chi connectivity index (χ1) is 29.7. The number of hydrogen-bond donors (Lipinski definition) is 0. The van der Waals surface area contributed by atoms with Crippen molar-refractivity contribution in [2.75, 3.05) is 4.90 Å². The van der Waals surface area contributed by atoms with Gasteiger partial charge in [0.2, 0.25) is 0 Å². The maximum atomic E-state index is 11.2. The molecule has 12 rings (SSSR count). The third-order valence-corrected chi connectivity index (χ3v) is 13.1. The smallest absolute Gasteiger partial charge is 0.101 e. The SMILES string of the molecule is N#Cc1cc(-n2c3ccc(N(c4ccccc4)c4ccccc4)cc3c3ccc4c5ccccc5sc4c32)c(C#N)cc1-n1c2ccccc2c2c3ccccc3ccc21. The van der Waals surface area contributed by atoms with Crippen LogP contribution in [0.15, 0.2) is 188 Å². The lowest BCUT2D eigenvalue weighted by molar-refractivity contribution is 1.13. The molecule has 0 aliphatic carbocycles. The van der Waals surface area contributed by atoms with Gasteiger partial charge in [-0.2, -0.15) is 10.5 Å². The van der Waals surface area contributed by atoms with Crippen LogP contribution in [0, 0.1) is 22.7 Å². The molecule has 0 atom stereocenters. The molecule has 12 aromatic rings. The van der Waals surface area contributed by atoms with Gasteiger partial charge in [-0.25, -0.2) is 0 Å². The second kappa shape index (κ2) is 13.2. The maximum Gasteiger partial charge on any atom is 0.101 e. The average molecular weight is 782 g/mol. The Kier molecular flexibility index (Phi) is 7.46. The third kappa shape index (κ3) is 4.90. The van der Waals surface area contributed by atoms with Crippen LogP contribution < -0.4 is 4.90 Å². The topological polar surface area (TPSA) is 60.7 Å². The molecule has 3 aromatic heterocycles. The largest absolute Gasteiger partial charge is 0.310 e. The first kappa shape index (κ1) is 33.9. The highest BCUT2D eigenvalue weighted by atomic mass is 32.1. The predicted octanol–water partition coefficient (Wildman–Crippen LogP) is 14.6. The minimum Gasteiger partial charge on any atom is -0.310 e. The van der Waals surface area contributed by atoms with Crippen LogP contribution in [0.2, 0.25) is 0 Å². The highest BCUT2D eigenvalue weighted by Crippen LogP contribution is 2.46. The summed E-state index contributed by atoms with van der Waals surface area (Å²) in [5, 5.41) is 31.2. The average Bonchev–Trinajstić information content (AvgIpc) is 3.97. The summed E-state index contributed by atoms with van der Waals surface area (Å²) in [6, 6.07) is 70.5. The number of para-hydroxylation sites is 3. The summed E-state index contributed by atoms with van der Waals surface area (Å²) in [6.45, 7) is 0. The number of aromatic nitrogens is 2. The monoisotopic (exact) mass is 781 g/mol. The molecular weight excluding hydrogens is 751 g/mol. The van der Waals surface area contributed by atoms with E-state index in [1.54, 1.807) is 11.3 Å². The van der Waals surface area contributed by atoms with Crippen molar-refractivity contribution < 1.29 is 0 Å². The van der Waals surface area contributed by atoms with Crippen molar-refractivity contribution in [1.82, 2.24) is 9.13 Å². The molecule has 0 bridgehead atoms. The van der Waals surface area contributed by atoms with Crippen LogP contribution in [0.25, 0.3) is 85.9 Å². The normalized spacial score (nSPS) is 11.6. The fourth-order valence-electron chi connectivity index (χ4n) is 9.38. The van der Waals surface area contributed by atoms with E-state index in [1.807, 2.05) is 30.3 Å². The fourth-order valence-corrected chi connectivity index (χ4v) is 10.6. The standard InChI is InChI=1S/C54H31N5S/c55-32-35-30-50(36(33-56)29-49(35)58-46-21-11-9-20-44(46)52-40-18-8-7-13-34(40)23-27-48(52)58)59-47-28-24-39(57(37-14-3-1-4-15-37)38-16-5-2-6-17-38)31-45(47)42-25-26-43-41-19-10-12-22-51(41)60-54(43)53(42)59/h1-31H. The van der Waals surface area contributed by atoms with Crippen LogP contribution in [0.1, 0.15) is 11.1 Å². The molecule has 5 nitrogen and oxygen atoms in total. The molecule has 0 amide bonds. The highest BCUT2D eigenvalue weighted by molar-refractivity contribution is 7.26. The Morgan fingerprint density at radius 2 is 1.00 bits per heavy atom. The van der Waals surface area contributed by atoms with Gasteiger partial charge in [-0.3, -0.25) is 0 Å². The Balaban J connectivity index is 1.16. The summed E-state index contributed by atoms with van der Waals surface area (Å²) in [6.07, 6.45) is 0. The number of benzene rings is 9. The van der Waals surface area contributed by atoms with Gasteiger partial charge in [0.05, 0.1) is 49.3 Å². The minimum atomic E-state index is 0.479. The van der Waals surface area contributed by atoms with Crippen molar-refractivity contribution in [2.45, 2.75) is 0 Å². The summed E-state index contributed by atoms with van der Waals surface area (Å²) in [4.78, 5) is 2.28. The molecule has 0 fully saturated rings. The zero-order valence-corrected chi connectivity index (χ0v) is 32.9. The van der Waals surface area contributed by atoms with Gasteiger partial charge in [0.1, 0.15) is 12.1 Å². The van der Waals surface area contributed by atoms with Crippen molar-refractivity contribution >= 4 is 103 Å². The van der Waals surface area contributed by atoms with Crippen molar-refractivity contribution in [1.29, 1.82) is 10.5 Å². The van der Waals surface area contributed by atoms with Gasteiger partial charge in [-0.15, -0.1) is 11.3 Å². The van der Waals surface area contributed by atoms with Gasteiger partial charge in [0.15, 0.2) is 0 Å². The number of thiophene rings is 1. The Labute approximate surface area is 348 Å². The van der Waals surface area contributed by atoms with Crippen LogP contribution in [0.4, 0.5) is 17.1 Å². The zero-order chi connectivity index (χ0) is 39.9. The van der Waals surface area contributed by atoms with Crippen molar-refractivity contribution in [3.63, 3.8) is 0 Å².